The molecule has 3 rings (SSSR count). The van der Waals surface area contributed by atoms with Gasteiger partial charge in [-0.15, -0.1) is 0 Å². The third kappa shape index (κ3) is 6.75. The average molecular weight is 433 g/mol. The number of halogens is 2. The Morgan fingerprint density at radius 1 is 0.903 bits per heavy atom. The highest BCUT2D eigenvalue weighted by atomic mass is 19.2. The Kier molecular flexibility index (Phi) is 9.29. The lowest BCUT2D eigenvalue weighted by Crippen LogP contribution is -2.27. The number of benzene rings is 2. The molecule has 1 saturated heterocycles. The van der Waals surface area contributed by atoms with Gasteiger partial charge in [0, 0.05) is 5.92 Å². The van der Waals surface area contributed by atoms with Crippen LogP contribution in [0.5, 0.6) is 5.75 Å². The third-order valence-corrected chi connectivity index (χ3v) is 5.78. The van der Waals surface area contributed by atoms with Gasteiger partial charge in [-0.1, -0.05) is 57.0 Å². The first-order chi connectivity index (χ1) is 15.1. The molecule has 0 saturated carbocycles. The smallest absolute Gasteiger partial charge is 0.200 e. The minimum absolute atomic E-state index is 0.0200. The Hall–Kier alpha value is -1.98. The maximum absolute atomic E-state index is 14.6. The SMILES string of the molecule is CCCCOc1ccc(C2CCC(OCc3ccc(CCCC)cc3)OC2)c(F)c1F. The van der Waals surface area contributed by atoms with Crippen molar-refractivity contribution >= 4 is 0 Å². The summed E-state index contributed by atoms with van der Waals surface area (Å²) in [4.78, 5) is 0. The highest BCUT2D eigenvalue weighted by molar-refractivity contribution is 5.33. The molecule has 2 unspecified atom stereocenters. The monoisotopic (exact) mass is 432 g/mol. The number of unbranched alkanes of at least 4 members (excludes halogenated alkanes) is 2. The van der Waals surface area contributed by atoms with Crippen molar-refractivity contribution in [1.29, 1.82) is 0 Å². The van der Waals surface area contributed by atoms with Crippen LogP contribution in [0.2, 0.25) is 0 Å². The maximum Gasteiger partial charge on any atom is 0.200 e. The zero-order valence-electron chi connectivity index (χ0n) is 18.7. The molecule has 0 bridgehead atoms. The summed E-state index contributed by atoms with van der Waals surface area (Å²) in [6.45, 7) is 5.40. The van der Waals surface area contributed by atoms with Crippen LogP contribution in [0.4, 0.5) is 8.78 Å². The summed E-state index contributed by atoms with van der Waals surface area (Å²) in [7, 11) is 0. The van der Waals surface area contributed by atoms with Gasteiger partial charge in [-0.2, -0.15) is 4.39 Å². The molecule has 31 heavy (non-hydrogen) atoms. The second-order valence-corrected chi connectivity index (χ2v) is 8.25. The van der Waals surface area contributed by atoms with Gasteiger partial charge in [0.15, 0.2) is 17.9 Å². The summed E-state index contributed by atoms with van der Waals surface area (Å²) in [6.07, 6.45) is 6.26. The molecule has 2 aromatic carbocycles. The molecule has 0 N–H and O–H groups in total. The van der Waals surface area contributed by atoms with Crippen LogP contribution in [0.1, 0.15) is 75.0 Å². The molecule has 0 aliphatic carbocycles. The van der Waals surface area contributed by atoms with Crippen molar-refractivity contribution in [1.82, 2.24) is 0 Å². The maximum atomic E-state index is 14.6. The zero-order valence-corrected chi connectivity index (χ0v) is 18.7. The Morgan fingerprint density at radius 2 is 1.65 bits per heavy atom. The van der Waals surface area contributed by atoms with Crippen molar-refractivity contribution in [3.05, 3.63) is 64.7 Å². The van der Waals surface area contributed by atoms with Gasteiger partial charge in [0.1, 0.15) is 0 Å². The molecule has 1 aliphatic heterocycles. The van der Waals surface area contributed by atoms with E-state index in [1.165, 1.54) is 24.5 Å². The lowest BCUT2D eigenvalue weighted by atomic mass is 9.92. The first-order valence-corrected chi connectivity index (χ1v) is 11.5. The van der Waals surface area contributed by atoms with Gasteiger partial charge in [0.25, 0.3) is 0 Å². The van der Waals surface area contributed by atoms with Crippen LogP contribution in [-0.2, 0) is 22.5 Å². The van der Waals surface area contributed by atoms with Crippen LogP contribution in [-0.4, -0.2) is 19.5 Å². The normalized spacial score (nSPS) is 18.8. The minimum Gasteiger partial charge on any atom is -0.490 e. The van der Waals surface area contributed by atoms with E-state index in [2.05, 4.69) is 31.2 Å². The molecule has 1 aliphatic rings. The summed E-state index contributed by atoms with van der Waals surface area (Å²) in [5, 5.41) is 0. The van der Waals surface area contributed by atoms with E-state index in [1.807, 2.05) is 6.92 Å². The highest BCUT2D eigenvalue weighted by Gasteiger charge is 2.27. The fourth-order valence-electron chi connectivity index (χ4n) is 3.78. The van der Waals surface area contributed by atoms with Crippen LogP contribution in [0.25, 0.3) is 0 Å². The minimum atomic E-state index is -0.908. The van der Waals surface area contributed by atoms with Gasteiger partial charge < -0.3 is 14.2 Å². The molecular formula is C26H34F2O3. The number of aryl methyl sites for hydroxylation is 1. The standard InChI is InChI=1S/C26H34F2O3/c1-3-5-7-19-8-10-20(11-9-19)17-30-24-15-12-21(18-31-24)22-13-14-23(26(28)25(22)27)29-16-6-4-2/h8-11,13-14,21,24H,3-7,12,15-18H2,1-2H3. The number of rotatable bonds is 11. The van der Waals surface area contributed by atoms with Crippen molar-refractivity contribution in [3.8, 4) is 5.75 Å². The van der Waals surface area contributed by atoms with E-state index in [9.17, 15) is 8.78 Å². The first kappa shape index (κ1) is 23.7. The first-order valence-electron chi connectivity index (χ1n) is 11.5. The van der Waals surface area contributed by atoms with Gasteiger partial charge in [-0.25, -0.2) is 4.39 Å². The van der Waals surface area contributed by atoms with Gasteiger partial charge in [0.05, 0.1) is 19.8 Å². The van der Waals surface area contributed by atoms with E-state index in [0.717, 1.165) is 24.8 Å². The second kappa shape index (κ2) is 12.2. The summed E-state index contributed by atoms with van der Waals surface area (Å²) in [6, 6.07) is 11.6. The molecule has 5 heteroatoms. The van der Waals surface area contributed by atoms with Crippen LogP contribution in [0.15, 0.2) is 36.4 Å². The fraction of sp³-hybridized carbons (Fsp3) is 0.538. The van der Waals surface area contributed by atoms with Crippen molar-refractivity contribution < 1.29 is 23.0 Å². The van der Waals surface area contributed by atoms with E-state index in [4.69, 9.17) is 14.2 Å². The van der Waals surface area contributed by atoms with Crippen LogP contribution in [0.3, 0.4) is 0 Å². The van der Waals surface area contributed by atoms with Gasteiger partial charge in [0.2, 0.25) is 5.82 Å². The number of hydrogen-bond acceptors (Lipinski definition) is 3. The van der Waals surface area contributed by atoms with Crippen molar-refractivity contribution in [3.63, 3.8) is 0 Å². The predicted octanol–water partition coefficient (Wildman–Crippen LogP) is 6.92. The van der Waals surface area contributed by atoms with Crippen LogP contribution < -0.4 is 4.74 Å². The predicted molar refractivity (Wildman–Crippen MR) is 118 cm³/mol. The Balaban J connectivity index is 1.47. The van der Waals surface area contributed by atoms with Crippen molar-refractivity contribution in [2.45, 2.75) is 77.6 Å². The van der Waals surface area contributed by atoms with Gasteiger partial charge >= 0.3 is 0 Å². The van der Waals surface area contributed by atoms with Crippen molar-refractivity contribution in [2.24, 2.45) is 0 Å². The van der Waals surface area contributed by atoms with E-state index in [0.29, 0.717) is 38.2 Å². The fourth-order valence-corrected chi connectivity index (χ4v) is 3.78. The topological polar surface area (TPSA) is 27.7 Å². The molecule has 2 aromatic rings. The van der Waals surface area contributed by atoms with Gasteiger partial charge in [-0.3, -0.25) is 0 Å². The Morgan fingerprint density at radius 3 is 2.32 bits per heavy atom. The molecule has 1 heterocycles. The van der Waals surface area contributed by atoms with E-state index < -0.39 is 11.6 Å². The Bertz CT molecular complexity index is 799. The lowest BCUT2D eigenvalue weighted by Gasteiger charge is -2.29. The highest BCUT2D eigenvalue weighted by Crippen LogP contribution is 2.34. The summed E-state index contributed by atoms with van der Waals surface area (Å²) in [5.41, 5.74) is 2.80. The van der Waals surface area contributed by atoms with Gasteiger partial charge in [-0.05, 0) is 54.9 Å². The second-order valence-electron chi connectivity index (χ2n) is 8.25. The van der Waals surface area contributed by atoms with E-state index in [1.54, 1.807) is 6.07 Å². The molecule has 2 atom stereocenters. The summed E-state index contributed by atoms with van der Waals surface area (Å²) in [5.74, 6) is -1.94. The lowest BCUT2D eigenvalue weighted by molar-refractivity contribution is -0.173. The largest absolute Gasteiger partial charge is 0.490 e. The summed E-state index contributed by atoms with van der Waals surface area (Å²) >= 11 is 0. The molecule has 0 amide bonds. The molecular weight excluding hydrogens is 398 g/mol. The quantitative estimate of drug-likeness (QED) is 0.361. The molecule has 0 spiro atoms. The van der Waals surface area contributed by atoms with Crippen LogP contribution >= 0.6 is 0 Å². The number of hydrogen-bond donors (Lipinski definition) is 0. The average Bonchev–Trinajstić information content (AvgIpc) is 2.80. The van der Waals surface area contributed by atoms with E-state index in [-0.39, 0.29) is 18.0 Å². The Labute approximate surface area is 184 Å². The van der Waals surface area contributed by atoms with Crippen molar-refractivity contribution in [2.75, 3.05) is 13.2 Å². The van der Waals surface area contributed by atoms with E-state index >= 15 is 0 Å². The molecule has 0 radical (unpaired) electrons. The summed E-state index contributed by atoms with van der Waals surface area (Å²) < 4.78 is 46.0. The molecule has 170 valence electrons. The third-order valence-electron chi connectivity index (χ3n) is 5.78. The molecule has 0 aromatic heterocycles. The van der Waals surface area contributed by atoms with Crippen LogP contribution in [0, 0.1) is 11.6 Å². The molecule has 3 nitrogen and oxygen atoms in total. The molecule has 1 fully saturated rings. The number of ether oxygens (including phenoxy) is 3. The zero-order chi connectivity index (χ0) is 22.1.